The van der Waals surface area contributed by atoms with Gasteiger partial charge in [0.15, 0.2) is 0 Å². The Balaban J connectivity index is 1.97. The molecule has 2 aromatic rings. The second-order valence-electron chi connectivity index (χ2n) is 5.65. The van der Waals surface area contributed by atoms with Crippen LogP contribution in [-0.4, -0.2) is 18.2 Å². The van der Waals surface area contributed by atoms with E-state index in [1.807, 2.05) is 49.4 Å². The maximum atomic E-state index is 12.1. The normalized spacial score (nSPS) is 13.0. The molecule has 1 unspecified atom stereocenters. The molecule has 1 atom stereocenters. The summed E-state index contributed by atoms with van der Waals surface area (Å²) < 4.78 is 16.7. The molecule has 128 valence electrons. The van der Waals surface area contributed by atoms with Crippen LogP contribution in [0.4, 0.5) is 0 Å². The fraction of sp³-hybridized carbons (Fsp3) is 0.350. The summed E-state index contributed by atoms with van der Waals surface area (Å²) in [6.45, 7) is 6.27. The van der Waals surface area contributed by atoms with Crippen molar-refractivity contribution in [2.75, 3.05) is 6.61 Å². The van der Waals surface area contributed by atoms with Crippen LogP contribution < -0.4 is 9.47 Å². The van der Waals surface area contributed by atoms with E-state index >= 15 is 0 Å². The van der Waals surface area contributed by atoms with Crippen LogP contribution in [0.1, 0.15) is 32.8 Å². The summed E-state index contributed by atoms with van der Waals surface area (Å²) in [6, 6.07) is 17.2. The quantitative estimate of drug-likeness (QED) is 0.675. The minimum atomic E-state index is -0.984. The molecular weight excluding hydrogens is 304 g/mol. The number of hydrogen-bond donors (Lipinski definition) is 0. The van der Waals surface area contributed by atoms with Gasteiger partial charge in [0, 0.05) is 0 Å². The highest BCUT2D eigenvalue weighted by molar-refractivity contribution is 5.79. The highest BCUT2D eigenvalue weighted by atomic mass is 16.6. The Bertz CT molecular complexity index is 636. The Morgan fingerprint density at radius 2 is 1.58 bits per heavy atom. The summed E-state index contributed by atoms with van der Waals surface area (Å²) in [7, 11) is 0. The van der Waals surface area contributed by atoms with E-state index < -0.39 is 5.60 Å². The van der Waals surface area contributed by atoms with Crippen LogP contribution in [0.2, 0.25) is 0 Å². The zero-order valence-electron chi connectivity index (χ0n) is 14.5. The van der Waals surface area contributed by atoms with Gasteiger partial charge in [-0.1, -0.05) is 37.3 Å². The first-order valence-electron chi connectivity index (χ1n) is 8.20. The summed E-state index contributed by atoms with van der Waals surface area (Å²) >= 11 is 0. The monoisotopic (exact) mass is 328 g/mol. The average Bonchev–Trinajstić information content (AvgIpc) is 2.62. The zero-order chi connectivity index (χ0) is 17.4. The number of rotatable bonds is 8. The summed E-state index contributed by atoms with van der Waals surface area (Å²) in [5, 5.41) is 0. The predicted octanol–water partition coefficient (Wildman–Crippen LogP) is 4.38. The highest BCUT2D eigenvalue weighted by Crippen LogP contribution is 2.25. The van der Waals surface area contributed by atoms with Crippen LogP contribution in [0.5, 0.6) is 11.5 Å². The Hall–Kier alpha value is -2.49. The molecule has 0 aromatic heterocycles. The van der Waals surface area contributed by atoms with Crippen molar-refractivity contribution < 1.29 is 19.0 Å². The van der Waals surface area contributed by atoms with Crippen LogP contribution in [-0.2, 0) is 16.1 Å². The Morgan fingerprint density at radius 1 is 0.958 bits per heavy atom. The second-order valence-corrected chi connectivity index (χ2v) is 5.65. The minimum Gasteiger partial charge on any atom is -0.489 e. The first-order valence-corrected chi connectivity index (χ1v) is 8.20. The topological polar surface area (TPSA) is 44.8 Å². The van der Waals surface area contributed by atoms with Gasteiger partial charge in [-0.15, -0.1) is 0 Å². The Labute approximate surface area is 143 Å². The standard InChI is InChI=1S/C20H24O4/c1-4-20(3,19(21)22-5-2)24-18-13-11-17(12-14-18)23-15-16-9-7-6-8-10-16/h6-14H,4-5,15H2,1-3H3. The number of carbonyl (C=O) groups is 1. The van der Waals surface area contributed by atoms with E-state index in [9.17, 15) is 4.79 Å². The van der Waals surface area contributed by atoms with Crippen molar-refractivity contribution >= 4 is 5.97 Å². The molecule has 4 heteroatoms. The molecule has 0 saturated heterocycles. The smallest absolute Gasteiger partial charge is 0.350 e. The lowest BCUT2D eigenvalue weighted by molar-refractivity contribution is -0.160. The van der Waals surface area contributed by atoms with E-state index in [0.717, 1.165) is 11.3 Å². The maximum Gasteiger partial charge on any atom is 0.350 e. The van der Waals surface area contributed by atoms with Gasteiger partial charge in [-0.2, -0.15) is 0 Å². The fourth-order valence-corrected chi connectivity index (χ4v) is 2.15. The van der Waals surface area contributed by atoms with Gasteiger partial charge in [-0.05, 0) is 50.1 Å². The maximum absolute atomic E-state index is 12.1. The van der Waals surface area contributed by atoms with Crippen molar-refractivity contribution in [2.45, 2.75) is 39.4 Å². The molecule has 24 heavy (non-hydrogen) atoms. The number of hydrogen-bond acceptors (Lipinski definition) is 4. The van der Waals surface area contributed by atoms with E-state index in [4.69, 9.17) is 14.2 Å². The largest absolute Gasteiger partial charge is 0.489 e. The molecule has 0 aliphatic carbocycles. The molecule has 0 bridgehead atoms. The van der Waals surface area contributed by atoms with Crippen molar-refractivity contribution in [2.24, 2.45) is 0 Å². The number of benzene rings is 2. The molecule has 0 spiro atoms. The predicted molar refractivity (Wildman–Crippen MR) is 93.2 cm³/mol. The third-order valence-corrected chi connectivity index (χ3v) is 3.80. The first-order chi connectivity index (χ1) is 11.6. The van der Waals surface area contributed by atoms with Crippen molar-refractivity contribution in [3.63, 3.8) is 0 Å². The SMILES string of the molecule is CCOC(=O)C(C)(CC)Oc1ccc(OCc2ccccc2)cc1. The van der Waals surface area contributed by atoms with Crippen LogP contribution in [0.3, 0.4) is 0 Å². The Kier molecular flexibility index (Phi) is 6.24. The van der Waals surface area contributed by atoms with Gasteiger partial charge in [-0.25, -0.2) is 4.79 Å². The molecule has 0 aliphatic rings. The molecule has 0 heterocycles. The molecule has 0 N–H and O–H groups in total. The van der Waals surface area contributed by atoms with Crippen molar-refractivity contribution in [1.29, 1.82) is 0 Å². The van der Waals surface area contributed by atoms with E-state index in [1.165, 1.54) is 0 Å². The van der Waals surface area contributed by atoms with E-state index in [-0.39, 0.29) is 5.97 Å². The number of esters is 1. The lowest BCUT2D eigenvalue weighted by Crippen LogP contribution is -2.42. The molecule has 0 radical (unpaired) electrons. The molecule has 0 amide bonds. The third kappa shape index (κ3) is 4.75. The number of carbonyl (C=O) groups excluding carboxylic acids is 1. The summed E-state index contributed by atoms with van der Waals surface area (Å²) in [4.78, 5) is 12.1. The lowest BCUT2D eigenvalue weighted by atomic mass is 10.0. The van der Waals surface area contributed by atoms with E-state index in [1.54, 1.807) is 26.0 Å². The van der Waals surface area contributed by atoms with Gasteiger partial charge in [0.2, 0.25) is 5.60 Å². The molecule has 2 rings (SSSR count). The van der Waals surface area contributed by atoms with E-state index in [0.29, 0.717) is 25.4 Å². The van der Waals surface area contributed by atoms with Crippen molar-refractivity contribution in [1.82, 2.24) is 0 Å². The first kappa shape index (κ1) is 17.9. The molecule has 0 saturated carbocycles. The summed E-state index contributed by atoms with van der Waals surface area (Å²) in [6.07, 6.45) is 0.526. The lowest BCUT2D eigenvalue weighted by Gasteiger charge is -2.27. The van der Waals surface area contributed by atoms with E-state index in [2.05, 4.69) is 0 Å². The van der Waals surface area contributed by atoms with Crippen molar-refractivity contribution in [3.05, 3.63) is 60.2 Å². The second kappa shape index (κ2) is 8.39. The van der Waals surface area contributed by atoms with Gasteiger partial charge in [0.25, 0.3) is 0 Å². The summed E-state index contributed by atoms with van der Waals surface area (Å²) in [5.41, 5.74) is 0.126. The summed E-state index contributed by atoms with van der Waals surface area (Å²) in [5.74, 6) is 1.01. The molecular formula is C20H24O4. The molecule has 4 nitrogen and oxygen atoms in total. The van der Waals surface area contributed by atoms with Crippen LogP contribution in [0.25, 0.3) is 0 Å². The zero-order valence-corrected chi connectivity index (χ0v) is 14.5. The van der Waals surface area contributed by atoms with Gasteiger partial charge in [0.1, 0.15) is 18.1 Å². The molecule has 0 fully saturated rings. The van der Waals surface area contributed by atoms with Gasteiger partial charge < -0.3 is 14.2 Å². The molecule has 0 aliphatic heterocycles. The Morgan fingerprint density at radius 3 is 2.17 bits per heavy atom. The van der Waals surface area contributed by atoms with Crippen LogP contribution in [0, 0.1) is 0 Å². The molecule has 2 aromatic carbocycles. The minimum absolute atomic E-state index is 0.337. The number of ether oxygens (including phenoxy) is 3. The van der Waals surface area contributed by atoms with Crippen molar-refractivity contribution in [3.8, 4) is 11.5 Å². The van der Waals surface area contributed by atoms with Crippen LogP contribution >= 0.6 is 0 Å². The average molecular weight is 328 g/mol. The fourth-order valence-electron chi connectivity index (χ4n) is 2.15. The van der Waals surface area contributed by atoms with Crippen LogP contribution in [0.15, 0.2) is 54.6 Å². The van der Waals surface area contributed by atoms with Gasteiger partial charge in [0.05, 0.1) is 6.61 Å². The highest BCUT2D eigenvalue weighted by Gasteiger charge is 2.35. The van der Waals surface area contributed by atoms with Gasteiger partial charge in [-0.3, -0.25) is 0 Å². The third-order valence-electron chi connectivity index (χ3n) is 3.80. The van der Waals surface area contributed by atoms with Gasteiger partial charge >= 0.3 is 5.97 Å².